The summed E-state index contributed by atoms with van der Waals surface area (Å²) in [5.41, 5.74) is 0.607. The lowest BCUT2D eigenvalue weighted by Crippen LogP contribution is -2.43. The second-order valence-electron chi connectivity index (χ2n) is 5.81. The number of aromatic nitrogens is 4. The highest BCUT2D eigenvalue weighted by molar-refractivity contribution is 7.99. The molecule has 1 aliphatic rings. The fraction of sp³-hybridized carbons (Fsp3) is 0.500. The quantitative estimate of drug-likeness (QED) is 0.627. The Morgan fingerprint density at radius 3 is 2.83 bits per heavy atom. The van der Waals surface area contributed by atoms with Crippen molar-refractivity contribution in [3.8, 4) is 6.07 Å². The van der Waals surface area contributed by atoms with Gasteiger partial charge in [0.25, 0.3) is 0 Å². The Morgan fingerprint density at radius 1 is 1.38 bits per heavy atom. The summed E-state index contributed by atoms with van der Waals surface area (Å²) in [6.07, 6.45) is 5.58. The van der Waals surface area contributed by atoms with Crippen LogP contribution in [0.15, 0.2) is 29.8 Å². The van der Waals surface area contributed by atoms with Gasteiger partial charge in [-0.2, -0.15) is 5.26 Å². The number of pyridine rings is 1. The van der Waals surface area contributed by atoms with E-state index in [0.717, 1.165) is 49.2 Å². The van der Waals surface area contributed by atoms with Crippen molar-refractivity contribution in [3.63, 3.8) is 0 Å². The van der Waals surface area contributed by atoms with Gasteiger partial charge in [0.1, 0.15) is 18.2 Å². The molecule has 1 aliphatic heterocycles. The van der Waals surface area contributed by atoms with Gasteiger partial charge in [-0.05, 0) is 25.0 Å². The second kappa shape index (κ2) is 8.13. The van der Waals surface area contributed by atoms with Crippen LogP contribution in [-0.2, 0) is 7.05 Å². The normalized spacial score (nSPS) is 15.4. The fourth-order valence-electron chi connectivity index (χ4n) is 2.76. The molecule has 0 aromatic carbocycles. The number of piperidine rings is 1. The lowest BCUT2D eigenvalue weighted by molar-refractivity contribution is 0.423. The van der Waals surface area contributed by atoms with Gasteiger partial charge in [0.2, 0.25) is 0 Å². The van der Waals surface area contributed by atoms with Crippen molar-refractivity contribution >= 4 is 17.6 Å². The molecule has 2 aromatic rings. The monoisotopic (exact) mass is 343 g/mol. The number of hydrogen-bond donors (Lipinski definition) is 1. The van der Waals surface area contributed by atoms with E-state index in [4.69, 9.17) is 5.26 Å². The number of nitriles is 1. The van der Waals surface area contributed by atoms with E-state index in [-0.39, 0.29) is 0 Å². The zero-order valence-corrected chi connectivity index (χ0v) is 14.5. The van der Waals surface area contributed by atoms with Crippen LogP contribution in [0.3, 0.4) is 0 Å². The summed E-state index contributed by atoms with van der Waals surface area (Å²) >= 11 is 1.72. The van der Waals surface area contributed by atoms with E-state index in [1.165, 1.54) is 0 Å². The minimum atomic E-state index is 0.555. The first-order valence-corrected chi connectivity index (χ1v) is 9.06. The largest absolute Gasteiger partial charge is 0.357 e. The average molecular weight is 343 g/mol. The third-order valence-corrected chi connectivity index (χ3v) is 5.17. The molecule has 1 saturated heterocycles. The highest BCUT2D eigenvalue weighted by atomic mass is 32.2. The van der Waals surface area contributed by atoms with E-state index in [0.29, 0.717) is 11.6 Å². The van der Waals surface area contributed by atoms with Gasteiger partial charge in [-0.3, -0.25) is 0 Å². The molecule has 7 nitrogen and oxygen atoms in total. The Balaban J connectivity index is 1.37. The first kappa shape index (κ1) is 16.7. The lowest BCUT2D eigenvalue weighted by atomic mass is 10.1. The zero-order valence-electron chi connectivity index (χ0n) is 13.7. The standard InChI is InChI=1S/C16H21N7S/c1-22-12-20-21-16(22)24-9-6-18-14-4-7-23(8-5-14)15-3-2-13(10-17)11-19-15/h2-3,11-12,14,18H,4-9H2,1H3. The van der Waals surface area contributed by atoms with Crippen molar-refractivity contribution in [3.05, 3.63) is 30.2 Å². The van der Waals surface area contributed by atoms with Gasteiger partial charge in [-0.1, -0.05) is 11.8 Å². The molecule has 0 saturated carbocycles. The van der Waals surface area contributed by atoms with E-state index < -0.39 is 0 Å². The molecule has 1 fully saturated rings. The molecule has 0 bridgehead atoms. The van der Waals surface area contributed by atoms with E-state index in [1.807, 2.05) is 23.7 Å². The molecule has 0 radical (unpaired) electrons. The van der Waals surface area contributed by atoms with E-state index in [2.05, 4.69) is 31.5 Å². The lowest BCUT2D eigenvalue weighted by Gasteiger charge is -2.33. The molecule has 0 unspecified atom stereocenters. The van der Waals surface area contributed by atoms with Crippen LogP contribution < -0.4 is 10.2 Å². The maximum atomic E-state index is 8.83. The Hall–Kier alpha value is -2.11. The Morgan fingerprint density at radius 2 is 2.21 bits per heavy atom. The third-order valence-electron chi connectivity index (χ3n) is 4.13. The Bertz CT molecular complexity index is 683. The predicted molar refractivity (Wildman–Crippen MR) is 93.9 cm³/mol. The van der Waals surface area contributed by atoms with Crippen molar-refractivity contribution in [1.29, 1.82) is 5.26 Å². The van der Waals surface area contributed by atoms with Gasteiger partial charge < -0.3 is 14.8 Å². The van der Waals surface area contributed by atoms with Crippen molar-refractivity contribution in [2.45, 2.75) is 24.0 Å². The first-order valence-electron chi connectivity index (χ1n) is 8.07. The summed E-state index contributed by atoms with van der Waals surface area (Å²) in [6.45, 7) is 2.96. The summed E-state index contributed by atoms with van der Waals surface area (Å²) in [5.74, 6) is 1.95. The maximum Gasteiger partial charge on any atom is 0.190 e. The molecular formula is C16H21N7S. The van der Waals surface area contributed by atoms with Crippen LogP contribution in [0.4, 0.5) is 5.82 Å². The summed E-state index contributed by atoms with van der Waals surface area (Å²) < 4.78 is 1.94. The van der Waals surface area contributed by atoms with Crippen LogP contribution >= 0.6 is 11.8 Å². The minimum absolute atomic E-state index is 0.555. The number of aryl methyl sites for hydroxylation is 1. The van der Waals surface area contributed by atoms with Gasteiger partial charge in [0.05, 0.1) is 5.56 Å². The maximum absolute atomic E-state index is 8.83. The highest BCUT2D eigenvalue weighted by Gasteiger charge is 2.19. The van der Waals surface area contributed by atoms with Gasteiger partial charge in [0, 0.05) is 44.7 Å². The molecular weight excluding hydrogens is 322 g/mol. The average Bonchev–Trinajstić information content (AvgIpc) is 3.04. The molecule has 1 N–H and O–H groups in total. The SMILES string of the molecule is Cn1cnnc1SCCNC1CCN(c2ccc(C#N)cn2)CC1. The van der Waals surface area contributed by atoms with Crippen LogP contribution in [0.1, 0.15) is 18.4 Å². The zero-order chi connectivity index (χ0) is 16.8. The Labute approximate surface area is 146 Å². The van der Waals surface area contributed by atoms with Crippen LogP contribution in [-0.4, -0.2) is 51.2 Å². The molecule has 126 valence electrons. The molecule has 0 atom stereocenters. The van der Waals surface area contributed by atoms with Gasteiger partial charge >= 0.3 is 0 Å². The van der Waals surface area contributed by atoms with Gasteiger partial charge in [-0.15, -0.1) is 10.2 Å². The molecule has 2 aromatic heterocycles. The van der Waals surface area contributed by atoms with Crippen LogP contribution in [0.25, 0.3) is 0 Å². The third kappa shape index (κ3) is 4.24. The molecule has 0 amide bonds. The van der Waals surface area contributed by atoms with Crippen molar-refractivity contribution < 1.29 is 0 Å². The molecule has 3 rings (SSSR count). The Kier molecular flexibility index (Phi) is 5.67. The molecule has 8 heteroatoms. The number of hydrogen-bond acceptors (Lipinski definition) is 7. The van der Waals surface area contributed by atoms with Crippen molar-refractivity contribution in [2.75, 3.05) is 30.3 Å². The van der Waals surface area contributed by atoms with Crippen LogP contribution in [0.5, 0.6) is 0 Å². The second-order valence-corrected chi connectivity index (χ2v) is 6.87. The minimum Gasteiger partial charge on any atom is -0.357 e. The molecule has 24 heavy (non-hydrogen) atoms. The van der Waals surface area contributed by atoms with Gasteiger partial charge in [0.15, 0.2) is 5.16 Å². The molecule has 0 aliphatic carbocycles. The summed E-state index contributed by atoms with van der Waals surface area (Å²) in [6, 6.07) is 6.42. The van der Waals surface area contributed by atoms with Crippen molar-refractivity contribution in [2.24, 2.45) is 7.05 Å². The summed E-state index contributed by atoms with van der Waals surface area (Å²) in [4.78, 5) is 6.66. The van der Waals surface area contributed by atoms with E-state index in [9.17, 15) is 0 Å². The predicted octanol–water partition coefficient (Wildman–Crippen LogP) is 1.43. The molecule has 3 heterocycles. The number of anilines is 1. The highest BCUT2D eigenvalue weighted by Crippen LogP contribution is 2.18. The number of nitrogens with zero attached hydrogens (tertiary/aromatic N) is 6. The number of nitrogens with one attached hydrogen (secondary N) is 1. The number of thioether (sulfide) groups is 1. The topological polar surface area (TPSA) is 82.7 Å². The van der Waals surface area contributed by atoms with E-state index >= 15 is 0 Å². The van der Waals surface area contributed by atoms with Crippen LogP contribution in [0, 0.1) is 11.3 Å². The van der Waals surface area contributed by atoms with Crippen molar-refractivity contribution in [1.82, 2.24) is 25.1 Å². The first-order chi connectivity index (χ1) is 11.8. The van der Waals surface area contributed by atoms with E-state index in [1.54, 1.807) is 24.3 Å². The molecule has 0 spiro atoms. The smallest absolute Gasteiger partial charge is 0.190 e. The fourth-order valence-corrected chi connectivity index (χ4v) is 3.52. The van der Waals surface area contributed by atoms with Crippen LogP contribution in [0.2, 0.25) is 0 Å². The van der Waals surface area contributed by atoms with Gasteiger partial charge in [-0.25, -0.2) is 4.98 Å². The summed E-state index contributed by atoms with van der Waals surface area (Å²) in [5, 5.41) is 21.4. The number of rotatable bonds is 6. The summed E-state index contributed by atoms with van der Waals surface area (Å²) in [7, 11) is 1.96.